The zero-order valence-electron chi connectivity index (χ0n) is 8.53. The van der Waals surface area contributed by atoms with Crippen LogP contribution in [0.2, 0.25) is 0 Å². The van der Waals surface area contributed by atoms with Crippen molar-refractivity contribution < 1.29 is 0 Å². The van der Waals surface area contributed by atoms with E-state index in [1.807, 2.05) is 18.7 Å². The lowest BCUT2D eigenvalue weighted by atomic mass is 10.2. The van der Waals surface area contributed by atoms with Crippen LogP contribution in [0, 0.1) is 0 Å². The molecule has 0 saturated carbocycles. The fourth-order valence-electron chi connectivity index (χ4n) is 1.39. The first-order chi connectivity index (χ1) is 6.36. The van der Waals surface area contributed by atoms with E-state index in [0.717, 1.165) is 13.1 Å². The Kier molecular flexibility index (Phi) is 4.54. The number of hydrogen-bond acceptors (Lipinski definition) is 2. The Bertz CT molecular complexity index is 202. The van der Waals surface area contributed by atoms with Gasteiger partial charge in [-0.1, -0.05) is 13.8 Å². The number of aromatic nitrogens is 2. The Balaban J connectivity index is 2.13. The van der Waals surface area contributed by atoms with Gasteiger partial charge < -0.3 is 9.88 Å². The van der Waals surface area contributed by atoms with Crippen molar-refractivity contribution in [2.75, 3.05) is 6.54 Å². The van der Waals surface area contributed by atoms with Crippen LogP contribution in [0.25, 0.3) is 0 Å². The number of nitrogens with zero attached hydrogens (tertiary/aromatic N) is 2. The maximum absolute atomic E-state index is 4.00. The van der Waals surface area contributed by atoms with Crippen molar-refractivity contribution in [2.24, 2.45) is 0 Å². The smallest absolute Gasteiger partial charge is 0.0946 e. The summed E-state index contributed by atoms with van der Waals surface area (Å²) in [7, 11) is 0. The molecular formula is C10H19N3. The molecule has 1 aromatic heterocycles. The molecule has 1 aromatic rings. The summed E-state index contributed by atoms with van der Waals surface area (Å²) in [5, 5.41) is 3.51. The van der Waals surface area contributed by atoms with Gasteiger partial charge in [0, 0.05) is 31.5 Å². The van der Waals surface area contributed by atoms with Gasteiger partial charge in [0.05, 0.1) is 6.33 Å². The van der Waals surface area contributed by atoms with Crippen molar-refractivity contribution in [1.29, 1.82) is 0 Å². The summed E-state index contributed by atoms with van der Waals surface area (Å²) >= 11 is 0. The minimum Gasteiger partial charge on any atom is -0.336 e. The van der Waals surface area contributed by atoms with Gasteiger partial charge in [-0.2, -0.15) is 0 Å². The molecule has 0 saturated heterocycles. The van der Waals surface area contributed by atoms with Gasteiger partial charge in [0.2, 0.25) is 0 Å². The number of rotatable bonds is 6. The third-order valence-electron chi connectivity index (χ3n) is 2.35. The average Bonchev–Trinajstić information content (AvgIpc) is 2.65. The first-order valence-electron chi connectivity index (χ1n) is 5.06. The molecule has 0 aliphatic heterocycles. The topological polar surface area (TPSA) is 29.9 Å². The molecule has 0 radical (unpaired) electrons. The van der Waals surface area contributed by atoms with E-state index in [-0.39, 0.29) is 0 Å². The molecule has 0 spiro atoms. The molecule has 1 N–H and O–H groups in total. The number of hydrogen-bond donors (Lipinski definition) is 1. The highest BCUT2D eigenvalue weighted by molar-refractivity contribution is 4.74. The quantitative estimate of drug-likeness (QED) is 0.723. The van der Waals surface area contributed by atoms with E-state index in [0.29, 0.717) is 6.04 Å². The van der Waals surface area contributed by atoms with E-state index >= 15 is 0 Å². The molecule has 0 bridgehead atoms. The number of nitrogens with one attached hydrogen (secondary N) is 1. The Hall–Kier alpha value is -0.830. The molecule has 0 aromatic carbocycles. The Labute approximate surface area is 80.2 Å². The van der Waals surface area contributed by atoms with Crippen LogP contribution in [0.3, 0.4) is 0 Å². The standard InChI is InChI=1S/C10H19N3/c1-3-10(4-2)12-6-8-13-7-5-11-9-13/h5,7,9-10,12H,3-4,6,8H2,1-2H3. The van der Waals surface area contributed by atoms with Crippen molar-refractivity contribution in [1.82, 2.24) is 14.9 Å². The van der Waals surface area contributed by atoms with E-state index in [1.165, 1.54) is 12.8 Å². The van der Waals surface area contributed by atoms with E-state index in [1.54, 1.807) is 0 Å². The van der Waals surface area contributed by atoms with Crippen LogP contribution < -0.4 is 5.32 Å². The van der Waals surface area contributed by atoms with Crippen molar-refractivity contribution in [3.05, 3.63) is 18.7 Å². The molecule has 1 heterocycles. The highest BCUT2D eigenvalue weighted by atomic mass is 15.0. The van der Waals surface area contributed by atoms with Crippen LogP contribution >= 0.6 is 0 Å². The Morgan fingerprint density at radius 2 is 2.15 bits per heavy atom. The van der Waals surface area contributed by atoms with Crippen LogP contribution in [0.5, 0.6) is 0 Å². The first kappa shape index (κ1) is 10.3. The largest absolute Gasteiger partial charge is 0.336 e. The van der Waals surface area contributed by atoms with Crippen molar-refractivity contribution in [3.63, 3.8) is 0 Å². The van der Waals surface area contributed by atoms with Gasteiger partial charge in [0.1, 0.15) is 0 Å². The van der Waals surface area contributed by atoms with Crippen molar-refractivity contribution in [2.45, 2.75) is 39.3 Å². The van der Waals surface area contributed by atoms with E-state index in [9.17, 15) is 0 Å². The van der Waals surface area contributed by atoms with E-state index in [2.05, 4.69) is 28.7 Å². The fraction of sp³-hybridized carbons (Fsp3) is 0.700. The van der Waals surface area contributed by atoms with Gasteiger partial charge in [-0.25, -0.2) is 4.98 Å². The predicted octanol–water partition coefficient (Wildman–Crippen LogP) is 1.66. The average molecular weight is 181 g/mol. The maximum Gasteiger partial charge on any atom is 0.0946 e. The van der Waals surface area contributed by atoms with Gasteiger partial charge in [-0.15, -0.1) is 0 Å². The fourth-order valence-corrected chi connectivity index (χ4v) is 1.39. The predicted molar refractivity (Wildman–Crippen MR) is 54.6 cm³/mol. The highest BCUT2D eigenvalue weighted by Crippen LogP contribution is 1.95. The Morgan fingerprint density at radius 1 is 1.38 bits per heavy atom. The molecular weight excluding hydrogens is 162 g/mol. The third-order valence-corrected chi connectivity index (χ3v) is 2.35. The zero-order chi connectivity index (χ0) is 9.52. The molecule has 1 rings (SSSR count). The number of imidazole rings is 1. The zero-order valence-corrected chi connectivity index (χ0v) is 8.53. The van der Waals surface area contributed by atoms with Gasteiger partial charge in [-0.3, -0.25) is 0 Å². The van der Waals surface area contributed by atoms with Gasteiger partial charge in [-0.05, 0) is 12.8 Å². The minimum atomic E-state index is 0.670. The summed E-state index contributed by atoms with van der Waals surface area (Å²) in [6.45, 7) is 6.48. The maximum atomic E-state index is 4.00. The van der Waals surface area contributed by atoms with E-state index in [4.69, 9.17) is 0 Å². The molecule has 13 heavy (non-hydrogen) atoms. The molecule has 3 heteroatoms. The lowest BCUT2D eigenvalue weighted by Crippen LogP contribution is -2.30. The highest BCUT2D eigenvalue weighted by Gasteiger charge is 2.00. The second-order valence-electron chi connectivity index (χ2n) is 3.27. The summed E-state index contributed by atoms with van der Waals surface area (Å²) < 4.78 is 2.09. The second-order valence-corrected chi connectivity index (χ2v) is 3.27. The molecule has 0 unspecified atom stereocenters. The van der Waals surface area contributed by atoms with Crippen molar-refractivity contribution >= 4 is 0 Å². The van der Waals surface area contributed by atoms with Crippen LogP contribution in [-0.4, -0.2) is 22.1 Å². The molecule has 0 aliphatic carbocycles. The molecule has 0 aliphatic rings. The molecule has 3 nitrogen and oxygen atoms in total. The summed E-state index contributed by atoms with van der Waals surface area (Å²) in [5.41, 5.74) is 0. The molecule has 74 valence electrons. The summed E-state index contributed by atoms with van der Waals surface area (Å²) in [6.07, 6.45) is 8.08. The van der Waals surface area contributed by atoms with Crippen molar-refractivity contribution in [3.8, 4) is 0 Å². The van der Waals surface area contributed by atoms with Crippen LogP contribution in [-0.2, 0) is 6.54 Å². The van der Waals surface area contributed by atoms with E-state index < -0.39 is 0 Å². The SMILES string of the molecule is CCC(CC)NCCn1ccnc1. The lowest BCUT2D eigenvalue weighted by molar-refractivity contribution is 0.465. The molecule has 0 fully saturated rings. The van der Waals surface area contributed by atoms with Crippen LogP contribution in [0.4, 0.5) is 0 Å². The summed E-state index contributed by atoms with van der Waals surface area (Å²) in [5.74, 6) is 0. The van der Waals surface area contributed by atoms with Crippen LogP contribution in [0.1, 0.15) is 26.7 Å². The lowest BCUT2D eigenvalue weighted by Gasteiger charge is -2.14. The summed E-state index contributed by atoms with van der Waals surface area (Å²) in [6, 6.07) is 0.670. The third kappa shape index (κ3) is 3.59. The minimum absolute atomic E-state index is 0.670. The molecule has 0 amide bonds. The summed E-state index contributed by atoms with van der Waals surface area (Å²) in [4.78, 5) is 4.00. The second kappa shape index (κ2) is 5.75. The Morgan fingerprint density at radius 3 is 2.69 bits per heavy atom. The van der Waals surface area contributed by atoms with Gasteiger partial charge in [0.25, 0.3) is 0 Å². The molecule has 0 atom stereocenters. The first-order valence-corrected chi connectivity index (χ1v) is 5.06. The normalized spacial score (nSPS) is 11.0. The monoisotopic (exact) mass is 181 g/mol. The van der Waals surface area contributed by atoms with Crippen LogP contribution in [0.15, 0.2) is 18.7 Å². The van der Waals surface area contributed by atoms with Gasteiger partial charge in [0.15, 0.2) is 0 Å². The van der Waals surface area contributed by atoms with Gasteiger partial charge >= 0.3 is 0 Å².